The monoisotopic (exact) mass is 263 g/mol. The predicted octanol–water partition coefficient (Wildman–Crippen LogP) is 4.15. The van der Waals surface area contributed by atoms with Crippen LogP contribution in [0.15, 0.2) is 6.07 Å². The minimum Gasteiger partial charge on any atom is -0.309 e. The van der Waals surface area contributed by atoms with E-state index in [4.69, 9.17) is 0 Å². The number of thiophene rings is 1. The summed E-state index contributed by atoms with van der Waals surface area (Å²) in [5.41, 5.74) is 1.64. The van der Waals surface area contributed by atoms with Crippen LogP contribution in [-0.4, -0.2) is 6.04 Å². The van der Waals surface area contributed by atoms with Crippen molar-refractivity contribution in [2.75, 3.05) is 0 Å². The molecule has 1 heterocycles. The molecule has 3 rings (SSSR count). The zero-order valence-corrected chi connectivity index (χ0v) is 12.5. The van der Waals surface area contributed by atoms with Crippen LogP contribution in [0.4, 0.5) is 0 Å². The molecule has 0 saturated heterocycles. The average Bonchev–Trinajstić information content (AvgIpc) is 2.91. The van der Waals surface area contributed by atoms with Crippen LogP contribution in [0.25, 0.3) is 0 Å². The summed E-state index contributed by atoms with van der Waals surface area (Å²) in [6, 6.07) is 3.21. The Morgan fingerprint density at radius 2 is 2.11 bits per heavy atom. The summed E-state index contributed by atoms with van der Waals surface area (Å²) in [5, 5.41) is 3.79. The minimum absolute atomic E-state index is 0.758. The number of nitrogens with one attached hydrogen (secondary N) is 1. The highest BCUT2D eigenvalue weighted by Crippen LogP contribution is 2.32. The van der Waals surface area contributed by atoms with Gasteiger partial charge in [-0.2, -0.15) is 0 Å². The summed E-state index contributed by atoms with van der Waals surface area (Å²) in [6.07, 6.45) is 8.18. The van der Waals surface area contributed by atoms with Crippen molar-refractivity contribution >= 4 is 11.3 Å². The van der Waals surface area contributed by atoms with Gasteiger partial charge in [-0.15, -0.1) is 11.3 Å². The van der Waals surface area contributed by atoms with Gasteiger partial charge in [-0.25, -0.2) is 0 Å². The van der Waals surface area contributed by atoms with Crippen LogP contribution in [0, 0.1) is 11.8 Å². The molecule has 0 aliphatic heterocycles. The van der Waals surface area contributed by atoms with E-state index in [2.05, 4.69) is 25.2 Å². The zero-order valence-electron chi connectivity index (χ0n) is 11.7. The Balaban J connectivity index is 1.52. The van der Waals surface area contributed by atoms with Crippen LogP contribution >= 0.6 is 11.3 Å². The Morgan fingerprint density at radius 1 is 1.22 bits per heavy atom. The first kappa shape index (κ1) is 12.7. The topological polar surface area (TPSA) is 12.0 Å². The normalized spacial score (nSPS) is 31.6. The first-order valence-corrected chi connectivity index (χ1v) is 8.38. The molecule has 0 radical (unpaired) electrons. The SMILES string of the molecule is CC1CCC(NCc2cc3c(s2)CCC3)CC1C. The quantitative estimate of drug-likeness (QED) is 0.864. The number of hydrogen-bond acceptors (Lipinski definition) is 2. The fraction of sp³-hybridized carbons (Fsp3) is 0.750. The Hall–Kier alpha value is -0.340. The van der Waals surface area contributed by atoms with Crippen molar-refractivity contribution in [1.29, 1.82) is 0 Å². The highest BCUT2D eigenvalue weighted by Gasteiger charge is 2.24. The predicted molar refractivity (Wildman–Crippen MR) is 79.2 cm³/mol. The third-order valence-corrected chi connectivity index (χ3v) is 6.20. The molecule has 0 bridgehead atoms. The molecule has 0 aromatic carbocycles. The minimum atomic E-state index is 0.758. The van der Waals surface area contributed by atoms with Crippen molar-refractivity contribution < 1.29 is 0 Å². The van der Waals surface area contributed by atoms with E-state index in [0.29, 0.717) is 0 Å². The first-order valence-electron chi connectivity index (χ1n) is 7.56. The summed E-state index contributed by atoms with van der Waals surface area (Å²) in [4.78, 5) is 3.23. The van der Waals surface area contributed by atoms with Gasteiger partial charge in [-0.3, -0.25) is 0 Å². The highest BCUT2D eigenvalue weighted by molar-refractivity contribution is 7.12. The smallest absolute Gasteiger partial charge is 0.0302 e. The molecular weight excluding hydrogens is 238 g/mol. The standard InChI is InChI=1S/C16H25NS/c1-11-6-7-14(8-12(11)2)17-10-15-9-13-4-3-5-16(13)18-15/h9,11-12,14,17H,3-8,10H2,1-2H3. The lowest BCUT2D eigenvalue weighted by atomic mass is 9.79. The van der Waals surface area contributed by atoms with Gasteiger partial charge in [0.05, 0.1) is 0 Å². The summed E-state index contributed by atoms with van der Waals surface area (Å²) >= 11 is 2.05. The zero-order chi connectivity index (χ0) is 12.5. The lowest BCUT2D eigenvalue weighted by Crippen LogP contribution is -2.35. The number of hydrogen-bond donors (Lipinski definition) is 1. The Kier molecular flexibility index (Phi) is 3.76. The molecule has 2 aliphatic carbocycles. The third-order valence-electron chi connectivity index (χ3n) is 4.96. The van der Waals surface area contributed by atoms with Gasteiger partial charge in [0.1, 0.15) is 0 Å². The van der Waals surface area contributed by atoms with E-state index in [1.54, 1.807) is 15.3 Å². The maximum atomic E-state index is 3.79. The summed E-state index contributed by atoms with van der Waals surface area (Å²) in [5.74, 6) is 1.82. The van der Waals surface area contributed by atoms with Gasteiger partial charge in [0.2, 0.25) is 0 Å². The van der Waals surface area contributed by atoms with E-state index in [1.807, 2.05) is 11.3 Å². The Labute approximate surface area is 115 Å². The lowest BCUT2D eigenvalue weighted by molar-refractivity contribution is 0.226. The van der Waals surface area contributed by atoms with Gasteiger partial charge in [0.15, 0.2) is 0 Å². The van der Waals surface area contributed by atoms with Gasteiger partial charge in [0, 0.05) is 22.3 Å². The Morgan fingerprint density at radius 3 is 2.89 bits per heavy atom. The van der Waals surface area contributed by atoms with E-state index in [9.17, 15) is 0 Å². The Bertz CT molecular complexity index is 388. The van der Waals surface area contributed by atoms with E-state index in [0.717, 1.165) is 24.4 Å². The molecule has 2 heteroatoms. The van der Waals surface area contributed by atoms with Crippen LogP contribution in [0.2, 0.25) is 0 Å². The fourth-order valence-electron chi connectivity index (χ4n) is 3.46. The van der Waals surface area contributed by atoms with Crippen molar-refractivity contribution in [1.82, 2.24) is 5.32 Å². The average molecular weight is 263 g/mol. The molecular formula is C16H25NS. The number of fused-ring (bicyclic) bond motifs is 1. The number of aryl methyl sites for hydroxylation is 2. The maximum absolute atomic E-state index is 3.79. The fourth-order valence-corrected chi connectivity index (χ4v) is 4.67. The van der Waals surface area contributed by atoms with Crippen LogP contribution in [0.1, 0.15) is 54.8 Å². The molecule has 0 amide bonds. The lowest BCUT2D eigenvalue weighted by Gasteiger charge is -2.32. The number of rotatable bonds is 3. The largest absolute Gasteiger partial charge is 0.309 e. The molecule has 1 fully saturated rings. The molecule has 1 nitrogen and oxygen atoms in total. The second-order valence-corrected chi connectivity index (χ2v) is 7.58. The van der Waals surface area contributed by atoms with Crippen molar-refractivity contribution in [3.63, 3.8) is 0 Å². The molecule has 100 valence electrons. The third kappa shape index (κ3) is 2.65. The van der Waals surface area contributed by atoms with Gasteiger partial charge >= 0.3 is 0 Å². The second kappa shape index (κ2) is 5.34. The molecule has 2 aliphatic rings. The highest BCUT2D eigenvalue weighted by atomic mass is 32.1. The van der Waals surface area contributed by atoms with Gasteiger partial charge in [-0.05, 0) is 62.0 Å². The van der Waals surface area contributed by atoms with Crippen LogP contribution in [-0.2, 0) is 19.4 Å². The van der Waals surface area contributed by atoms with Gasteiger partial charge in [-0.1, -0.05) is 13.8 Å². The van der Waals surface area contributed by atoms with Crippen LogP contribution < -0.4 is 5.32 Å². The van der Waals surface area contributed by atoms with E-state index in [-0.39, 0.29) is 0 Å². The first-order chi connectivity index (χ1) is 8.72. The van der Waals surface area contributed by atoms with E-state index in [1.165, 1.54) is 38.5 Å². The molecule has 18 heavy (non-hydrogen) atoms. The molecule has 1 aromatic heterocycles. The van der Waals surface area contributed by atoms with E-state index >= 15 is 0 Å². The summed E-state index contributed by atoms with van der Waals surface area (Å²) in [6.45, 7) is 5.92. The van der Waals surface area contributed by atoms with Gasteiger partial charge < -0.3 is 5.32 Å². The van der Waals surface area contributed by atoms with Crippen molar-refractivity contribution in [2.24, 2.45) is 11.8 Å². The molecule has 3 atom stereocenters. The summed E-state index contributed by atoms with van der Waals surface area (Å²) < 4.78 is 0. The maximum Gasteiger partial charge on any atom is 0.0302 e. The van der Waals surface area contributed by atoms with E-state index < -0.39 is 0 Å². The van der Waals surface area contributed by atoms with Crippen molar-refractivity contribution in [3.05, 3.63) is 21.4 Å². The summed E-state index contributed by atoms with van der Waals surface area (Å²) in [7, 11) is 0. The molecule has 0 spiro atoms. The van der Waals surface area contributed by atoms with Crippen LogP contribution in [0.5, 0.6) is 0 Å². The molecule has 1 N–H and O–H groups in total. The molecule has 3 unspecified atom stereocenters. The van der Waals surface area contributed by atoms with Crippen molar-refractivity contribution in [2.45, 2.75) is 65.0 Å². The van der Waals surface area contributed by atoms with Crippen LogP contribution in [0.3, 0.4) is 0 Å². The second-order valence-electron chi connectivity index (χ2n) is 6.36. The molecule has 1 aromatic rings. The van der Waals surface area contributed by atoms with Crippen molar-refractivity contribution in [3.8, 4) is 0 Å². The van der Waals surface area contributed by atoms with Gasteiger partial charge in [0.25, 0.3) is 0 Å². The molecule has 1 saturated carbocycles.